The summed E-state index contributed by atoms with van der Waals surface area (Å²) >= 11 is 0. The third-order valence-corrected chi connectivity index (χ3v) is 2.90. The highest BCUT2D eigenvalue weighted by molar-refractivity contribution is 4.77. The van der Waals surface area contributed by atoms with Crippen molar-refractivity contribution in [3.63, 3.8) is 0 Å². The standard InChI is InChI=1S/C13H24O3/c1-2-12(14)8-5-3-4-6-9-13-15-10-7-11-16-13/h7,10,12-14H,2-6,8-9,11H2,1H3. The van der Waals surface area contributed by atoms with Crippen molar-refractivity contribution >= 4 is 0 Å². The van der Waals surface area contributed by atoms with Crippen molar-refractivity contribution in [2.24, 2.45) is 0 Å². The van der Waals surface area contributed by atoms with Gasteiger partial charge in [-0.3, -0.25) is 0 Å². The molecule has 0 spiro atoms. The van der Waals surface area contributed by atoms with Gasteiger partial charge in [-0.05, 0) is 25.3 Å². The van der Waals surface area contributed by atoms with Crippen LogP contribution in [0.2, 0.25) is 0 Å². The largest absolute Gasteiger partial charge is 0.473 e. The van der Waals surface area contributed by atoms with Gasteiger partial charge in [-0.25, -0.2) is 0 Å². The zero-order valence-electron chi connectivity index (χ0n) is 10.2. The molecule has 94 valence electrons. The highest BCUT2D eigenvalue weighted by atomic mass is 16.7. The Morgan fingerprint density at radius 3 is 2.81 bits per heavy atom. The van der Waals surface area contributed by atoms with E-state index in [1.54, 1.807) is 6.26 Å². The summed E-state index contributed by atoms with van der Waals surface area (Å²) in [5.41, 5.74) is 0. The minimum absolute atomic E-state index is 0.0359. The SMILES string of the molecule is CCC(O)CCCCCCC1OC=CCO1. The molecule has 2 atom stereocenters. The molecular formula is C13H24O3. The molecular weight excluding hydrogens is 204 g/mol. The predicted molar refractivity (Wildman–Crippen MR) is 64.0 cm³/mol. The van der Waals surface area contributed by atoms with Gasteiger partial charge in [0.25, 0.3) is 0 Å². The highest BCUT2D eigenvalue weighted by Crippen LogP contribution is 2.14. The summed E-state index contributed by atoms with van der Waals surface area (Å²) in [6, 6.07) is 0. The lowest BCUT2D eigenvalue weighted by Gasteiger charge is -2.19. The van der Waals surface area contributed by atoms with E-state index in [9.17, 15) is 5.11 Å². The second-order valence-electron chi connectivity index (χ2n) is 4.32. The molecule has 0 fully saturated rings. The molecule has 3 heteroatoms. The molecule has 0 aromatic rings. The molecule has 0 aliphatic carbocycles. The van der Waals surface area contributed by atoms with Gasteiger partial charge < -0.3 is 14.6 Å². The van der Waals surface area contributed by atoms with E-state index in [2.05, 4.69) is 0 Å². The first kappa shape index (κ1) is 13.5. The molecule has 1 heterocycles. The van der Waals surface area contributed by atoms with Crippen LogP contribution in [0.1, 0.15) is 51.9 Å². The molecule has 3 nitrogen and oxygen atoms in total. The first-order chi connectivity index (χ1) is 7.83. The van der Waals surface area contributed by atoms with Crippen LogP contribution in [0, 0.1) is 0 Å². The second kappa shape index (κ2) is 8.59. The van der Waals surface area contributed by atoms with Crippen molar-refractivity contribution in [2.45, 2.75) is 64.3 Å². The lowest BCUT2D eigenvalue weighted by molar-refractivity contribution is -0.115. The Kier molecular flexibility index (Phi) is 7.26. The summed E-state index contributed by atoms with van der Waals surface area (Å²) in [5, 5.41) is 9.37. The van der Waals surface area contributed by atoms with Crippen molar-refractivity contribution in [3.8, 4) is 0 Å². The number of aliphatic hydroxyl groups excluding tert-OH is 1. The Balaban J connectivity index is 1.86. The van der Waals surface area contributed by atoms with Crippen LogP contribution in [-0.2, 0) is 9.47 Å². The van der Waals surface area contributed by atoms with Gasteiger partial charge in [0.05, 0.1) is 19.0 Å². The number of unbranched alkanes of at least 4 members (excludes halogenated alkanes) is 3. The third kappa shape index (κ3) is 6.13. The van der Waals surface area contributed by atoms with E-state index in [1.807, 2.05) is 13.0 Å². The van der Waals surface area contributed by atoms with E-state index in [0.717, 1.165) is 32.1 Å². The first-order valence-electron chi connectivity index (χ1n) is 6.43. The van der Waals surface area contributed by atoms with Crippen LogP contribution in [0.5, 0.6) is 0 Å². The van der Waals surface area contributed by atoms with Gasteiger partial charge in [-0.1, -0.05) is 26.2 Å². The molecule has 0 amide bonds. The van der Waals surface area contributed by atoms with E-state index in [1.165, 1.54) is 12.8 Å². The topological polar surface area (TPSA) is 38.7 Å². The summed E-state index contributed by atoms with van der Waals surface area (Å²) in [7, 11) is 0. The molecule has 1 aliphatic rings. The molecule has 0 saturated carbocycles. The van der Waals surface area contributed by atoms with Gasteiger partial charge in [0.15, 0.2) is 6.29 Å². The smallest absolute Gasteiger partial charge is 0.199 e. The van der Waals surface area contributed by atoms with E-state index in [4.69, 9.17) is 9.47 Å². The molecule has 2 unspecified atom stereocenters. The maximum absolute atomic E-state index is 9.37. The fourth-order valence-corrected chi connectivity index (χ4v) is 1.78. The average molecular weight is 228 g/mol. The van der Waals surface area contributed by atoms with E-state index in [-0.39, 0.29) is 12.4 Å². The van der Waals surface area contributed by atoms with Crippen molar-refractivity contribution in [3.05, 3.63) is 12.3 Å². The zero-order valence-corrected chi connectivity index (χ0v) is 10.2. The Morgan fingerprint density at radius 1 is 1.31 bits per heavy atom. The van der Waals surface area contributed by atoms with Gasteiger partial charge >= 0.3 is 0 Å². The Morgan fingerprint density at radius 2 is 2.12 bits per heavy atom. The predicted octanol–water partition coefficient (Wildman–Crippen LogP) is 2.98. The van der Waals surface area contributed by atoms with Crippen LogP contribution in [0.25, 0.3) is 0 Å². The van der Waals surface area contributed by atoms with Crippen LogP contribution in [0.15, 0.2) is 12.3 Å². The molecule has 0 radical (unpaired) electrons. The zero-order chi connectivity index (χ0) is 11.6. The van der Waals surface area contributed by atoms with Crippen molar-refractivity contribution in [1.29, 1.82) is 0 Å². The maximum Gasteiger partial charge on any atom is 0.199 e. The molecule has 0 aromatic heterocycles. The molecule has 0 aromatic carbocycles. The average Bonchev–Trinajstić information content (AvgIpc) is 2.34. The Bertz CT molecular complexity index is 192. The van der Waals surface area contributed by atoms with Gasteiger partial charge in [0.2, 0.25) is 0 Å². The molecule has 1 aliphatic heterocycles. The van der Waals surface area contributed by atoms with Crippen molar-refractivity contribution in [1.82, 2.24) is 0 Å². The van der Waals surface area contributed by atoms with Crippen molar-refractivity contribution in [2.75, 3.05) is 6.61 Å². The summed E-state index contributed by atoms with van der Waals surface area (Å²) in [6.45, 7) is 2.70. The fourth-order valence-electron chi connectivity index (χ4n) is 1.78. The second-order valence-corrected chi connectivity index (χ2v) is 4.32. The summed E-state index contributed by atoms with van der Waals surface area (Å²) in [4.78, 5) is 0. The minimum Gasteiger partial charge on any atom is -0.473 e. The Labute approximate surface area is 98.4 Å². The van der Waals surface area contributed by atoms with Crippen LogP contribution in [0.3, 0.4) is 0 Å². The first-order valence-corrected chi connectivity index (χ1v) is 6.43. The van der Waals surface area contributed by atoms with Crippen LogP contribution in [0.4, 0.5) is 0 Å². The fraction of sp³-hybridized carbons (Fsp3) is 0.846. The Hall–Kier alpha value is -0.540. The number of hydrogen-bond acceptors (Lipinski definition) is 3. The monoisotopic (exact) mass is 228 g/mol. The van der Waals surface area contributed by atoms with Gasteiger partial charge in [-0.2, -0.15) is 0 Å². The van der Waals surface area contributed by atoms with Crippen LogP contribution < -0.4 is 0 Å². The summed E-state index contributed by atoms with van der Waals surface area (Å²) in [5.74, 6) is 0. The summed E-state index contributed by atoms with van der Waals surface area (Å²) in [6.07, 6.45) is 10.9. The molecule has 1 N–H and O–H groups in total. The quantitative estimate of drug-likeness (QED) is 0.649. The molecule has 1 rings (SSSR count). The summed E-state index contributed by atoms with van der Waals surface area (Å²) < 4.78 is 10.7. The highest BCUT2D eigenvalue weighted by Gasteiger charge is 2.10. The number of rotatable bonds is 8. The third-order valence-electron chi connectivity index (χ3n) is 2.90. The van der Waals surface area contributed by atoms with Gasteiger partial charge in [-0.15, -0.1) is 0 Å². The van der Waals surface area contributed by atoms with Crippen LogP contribution >= 0.6 is 0 Å². The molecule has 0 saturated heterocycles. The maximum atomic E-state index is 9.37. The van der Waals surface area contributed by atoms with Crippen LogP contribution in [-0.4, -0.2) is 24.1 Å². The van der Waals surface area contributed by atoms with E-state index in [0.29, 0.717) is 6.61 Å². The van der Waals surface area contributed by atoms with Gasteiger partial charge in [0.1, 0.15) is 0 Å². The number of ether oxygens (including phenoxy) is 2. The normalized spacial score (nSPS) is 21.8. The molecule has 16 heavy (non-hydrogen) atoms. The number of aliphatic hydroxyl groups is 1. The van der Waals surface area contributed by atoms with E-state index < -0.39 is 0 Å². The minimum atomic E-state index is -0.102. The van der Waals surface area contributed by atoms with E-state index >= 15 is 0 Å². The lowest BCUT2D eigenvalue weighted by atomic mass is 10.1. The molecule has 0 bridgehead atoms. The van der Waals surface area contributed by atoms with Crippen molar-refractivity contribution < 1.29 is 14.6 Å². The lowest BCUT2D eigenvalue weighted by Crippen LogP contribution is -2.17. The van der Waals surface area contributed by atoms with Gasteiger partial charge in [0, 0.05) is 6.42 Å². The number of hydrogen-bond donors (Lipinski definition) is 1.